The molecule has 1 aliphatic heterocycles. The third-order valence-electron chi connectivity index (χ3n) is 5.36. The summed E-state index contributed by atoms with van der Waals surface area (Å²) in [5.74, 6) is 0.624. The first kappa shape index (κ1) is 20.6. The number of thiocarbonyl (C=S) groups is 1. The monoisotopic (exact) mass is 431 g/mol. The molecule has 3 nitrogen and oxygen atoms in total. The number of carbonyl (C=O) groups excluding carboxylic acids is 1. The van der Waals surface area contributed by atoms with Crippen LogP contribution < -0.4 is 21.2 Å². The van der Waals surface area contributed by atoms with Gasteiger partial charge in [0.25, 0.3) is 5.91 Å². The summed E-state index contributed by atoms with van der Waals surface area (Å²) in [7, 11) is -2.45. The lowest BCUT2D eigenvalue weighted by Gasteiger charge is -2.35. The number of benzene rings is 3. The molecule has 1 atom stereocenters. The fourth-order valence-corrected chi connectivity index (χ4v) is 9.34. The zero-order chi connectivity index (χ0) is 21.0. The predicted octanol–water partition coefficient (Wildman–Crippen LogP) is 4.00. The first-order valence-corrected chi connectivity index (χ1v) is 12.4. The Kier molecular flexibility index (Phi) is 6.17. The molecule has 1 heterocycles. The molecule has 4 rings (SSSR count). The molecular weight excluding hydrogens is 407 g/mol. The first-order chi connectivity index (χ1) is 14.7. The van der Waals surface area contributed by atoms with Crippen LogP contribution in [0.25, 0.3) is 0 Å². The van der Waals surface area contributed by atoms with Crippen LogP contribution in [-0.4, -0.2) is 22.4 Å². The number of aliphatic imine (C=N–C) groups is 1. The van der Waals surface area contributed by atoms with Crippen molar-refractivity contribution in [2.24, 2.45) is 4.99 Å². The zero-order valence-corrected chi connectivity index (χ0v) is 18.6. The third-order valence-corrected chi connectivity index (χ3v) is 10.5. The van der Waals surface area contributed by atoms with E-state index in [2.05, 4.69) is 48.6 Å². The average molecular weight is 432 g/mol. The van der Waals surface area contributed by atoms with Crippen LogP contribution in [0.2, 0.25) is 0 Å². The van der Waals surface area contributed by atoms with Gasteiger partial charge in [-0.15, -0.1) is 0 Å². The highest BCUT2D eigenvalue weighted by Gasteiger charge is 2.58. The van der Waals surface area contributed by atoms with Crippen molar-refractivity contribution in [3.63, 3.8) is 0 Å². The third kappa shape index (κ3) is 3.62. The van der Waals surface area contributed by atoms with Crippen LogP contribution in [0.4, 0.5) is 0 Å². The Morgan fingerprint density at radius 3 is 1.63 bits per heavy atom. The maximum absolute atomic E-state index is 13.6. The van der Waals surface area contributed by atoms with Crippen molar-refractivity contribution in [2.45, 2.75) is 25.4 Å². The molecule has 1 amide bonds. The predicted molar refractivity (Wildman–Crippen MR) is 132 cm³/mol. The number of hydrogen-bond acceptors (Lipinski definition) is 2. The van der Waals surface area contributed by atoms with Gasteiger partial charge in [-0.25, -0.2) is 4.99 Å². The molecule has 0 fully saturated rings. The Hall–Kier alpha value is -2.68. The Morgan fingerprint density at radius 1 is 0.833 bits per heavy atom. The number of hydrogen-bond donors (Lipinski definition) is 1. The van der Waals surface area contributed by atoms with Crippen molar-refractivity contribution in [3.8, 4) is 0 Å². The molecule has 1 aliphatic rings. The van der Waals surface area contributed by atoms with Gasteiger partial charge in [-0.1, -0.05) is 73.7 Å². The van der Waals surface area contributed by atoms with E-state index in [1.807, 2.05) is 54.6 Å². The molecule has 5 heteroatoms. The zero-order valence-electron chi connectivity index (χ0n) is 16.9. The van der Waals surface area contributed by atoms with E-state index in [4.69, 9.17) is 17.2 Å². The Labute approximate surface area is 183 Å². The van der Waals surface area contributed by atoms with Crippen molar-refractivity contribution in [3.05, 3.63) is 91.0 Å². The smallest absolute Gasteiger partial charge is 0.274 e. The summed E-state index contributed by atoms with van der Waals surface area (Å²) >= 11 is 5.82. The van der Waals surface area contributed by atoms with E-state index >= 15 is 0 Å². The largest absolute Gasteiger partial charge is 0.310 e. The minimum Gasteiger partial charge on any atom is -0.310 e. The summed E-state index contributed by atoms with van der Waals surface area (Å²) in [6.45, 7) is 2.07. The normalized spacial score (nSPS) is 16.7. The lowest BCUT2D eigenvalue weighted by atomic mass is 10.2. The van der Waals surface area contributed by atoms with E-state index < -0.39 is 12.9 Å². The molecule has 0 spiro atoms. The lowest BCUT2D eigenvalue weighted by Crippen LogP contribution is -2.53. The van der Waals surface area contributed by atoms with E-state index in [1.165, 1.54) is 0 Å². The Bertz CT molecular complexity index is 971. The summed E-state index contributed by atoms with van der Waals surface area (Å²) in [5, 5.41) is 6.44. The number of amidine groups is 1. The van der Waals surface area contributed by atoms with E-state index in [-0.39, 0.29) is 5.91 Å². The summed E-state index contributed by atoms with van der Waals surface area (Å²) in [4.78, 5) is 18.8. The molecule has 0 saturated carbocycles. The topological polar surface area (TPSA) is 41.5 Å². The molecule has 30 heavy (non-hydrogen) atoms. The summed E-state index contributed by atoms with van der Waals surface area (Å²) in [6.07, 6.45) is 1.62. The maximum Gasteiger partial charge on any atom is 0.274 e. The quantitative estimate of drug-likeness (QED) is 0.473. The molecule has 0 saturated heterocycles. The minimum absolute atomic E-state index is 0.0525. The van der Waals surface area contributed by atoms with Crippen molar-refractivity contribution in [1.82, 2.24) is 5.32 Å². The molecule has 1 N–H and O–H groups in total. The molecule has 0 radical (unpaired) electrons. The van der Waals surface area contributed by atoms with Crippen LogP contribution in [0.1, 0.15) is 19.8 Å². The van der Waals surface area contributed by atoms with Crippen LogP contribution in [0.15, 0.2) is 96.0 Å². The molecule has 0 unspecified atom stereocenters. The highest BCUT2D eigenvalue weighted by molar-refractivity contribution is 7.98. The number of amides is 1. The van der Waals surface area contributed by atoms with Gasteiger partial charge >= 0.3 is 0 Å². The average Bonchev–Trinajstić information content (AvgIpc) is 2.78. The van der Waals surface area contributed by atoms with Gasteiger partial charge in [0.15, 0.2) is 4.99 Å². The van der Waals surface area contributed by atoms with Gasteiger partial charge in [0.05, 0.1) is 0 Å². The first-order valence-electron chi connectivity index (χ1n) is 10.2. The van der Waals surface area contributed by atoms with E-state index in [0.717, 1.165) is 22.3 Å². The molecule has 0 aromatic heterocycles. The molecule has 3 aromatic carbocycles. The number of rotatable bonds is 6. The van der Waals surface area contributed by atoms with Crippen LogP contribution in [0.5, 0.6) is 0 Å². The molecule has 3 aromatic rings. The SMILES string of the molecule is CCCC1=NC(=S)[C@H]([P+](c2ccccc2)(c2ccccc2)c2ccccc2)C(=O)N1. The summed E-state index contributed by atoms with van der Waals surface area (Å²) in [5.41, 5.74) is -0.527. The van der Waals surface area contributed by atoms with Gasteiger partial charge in [0.2, 0.25) is 5.66 Å². The molecule has 150 valence electrons. The van der Waals surface area contributed by atoms with E-state index in [1.54, 1.807) is 0 Å². The van der Waals surface area contributed by atoms with Crippen molar-refractivity contribution >= 4 is 52.1 Å². The minimum atomic E-state index is -2.45. The number of nitrogens with one attached hydrogen (secondary N) is 1. The van der Waals surface area contributed by atoms with Crippen LogP contribution in [0.3, 0.4) is 0 Å². The second-order valence-corrected chi connectivity index (χ2v) is 11.2. The van der Waals surface area contributed by atoms with Crippen LogP contribution in [-0.2, 0) is 4.79 Å². The highest BCUT2D eigenvalue weighted by Crippen LogP contribution is 2.60. The molecular formula is C25H24N2OPS+. The van der Waals surface area contributed by atoms with E-state index in [0.29, 0.717) is 17.2 Å². The van der Waals surface area contributed by atoms with Crippen molar-refractivity contribution in [1.29, 1.82) is 0 Å². The van der Waals surface area contributed by atoms with Gasteiger partial charge in [0.1, 0.15) is 29.0 Å². The highest BCUT2D eigenvalue weighted by atomic mass is 32.1. The fraction of sp³-hybridized carbons (Fsp3) is 0.160. The van der Waals surface area contributed by atoms with Crippen LogP contribution >= 0.6 is 19.5 Å². The second kappa shape index (κ2) is 8.99. The van der Waals surface area contributed by atoms with Gasteiger partial charge in [-0.05, 0) is 42.8 Å². The van der Waals surface area contributed by atoms with Gasteiger partial charge < -0.3 is 5.32 Å². The van der Waals surface area contributed by atoms with Gasteiger partial charge in [0, 0.05) is 6.42 Å². The second-order valence-electron chi connectivity index (χ2n) is 7.27. The van der Waals surface area contributed by atoms with Crippen molar-refractivity contribution < 1.29 is 4.79 Å². The Balaban J connectivity index is 2.04. The molecule has 0 bridgehead atoms. The van der Waals surface area contributed by atoms with Gasteiger partial charge in [-0.3, -0.25) is 4.79 Å². The Morgan fingerprint density at radius 2 is 1.27 bits per heavy atom. The lowest BCUT2D eigenvalue weighted by molar-refractivity contribution is -0.118. The van der Waals surface area contributed by atoms with Crippen molar-refractivity contribution in [2.75, 3.05) is 0 Å². The summed E-state index contributed by atoms with van der Waals surface area (Å²) in [6, 6.07) is 30.9. The van der Waals surface area contributed by atoms with E-state index in [9.17, 15) is 4.79 Å². The number of carbonyl (C=O) groups is 1. The van der Waals surface area contributed by atoms with Crippen LogP contribution in [0, 0.1) is 0 Å². The molecule has 0 aliphatic carbocycles. The van der Waals surface area contributed by atoms with Gasteiger partial charge in [-0.2, -0.15) is 0 Å². The summed E-state index contributed by atoms with van der Waals surface area (Å²) < 4.78 is 0. The fourth-order valence-electron chi connectivity index (χ4n) is 4.13. The maximum atomic E-state index is 13.6. The number of nitrogens with zero attached hydrogens (tertiary/aromatic N) is 1. The standard InChI is InChI=1S/C25H23N2OPS/c1-2-12-22-26-24(28)23(25(30)27-22)29(19-13-6-3-7-14-19,20-15-8-4-9-16-20)21-17-10-5-11-18-21/h3-11,13-18,23H,2,12H2,1H3/p+1/t23-/m1/s1.